The molecule has 1 aliphatic heterocycles. The summed E-state index contributed by atoms with van der Waals surface area (Å²) in [6.45, 7) is 6.15. The van der Waals surface area contributed by atoms with Gasteiger partial charge in [0.25, 0.3) is 5.91 Å². The highest BCUT2D eigenvalue weighted by molar-refractivity contribution is 6.33. The van der Waals surface area contributed by atoms with Gasteiger partial charge in [0, 0.05) is 37.0 Å². The van der Waals surface area contributed by atoms with Crippen molar-refractivity contribution in [1.82, 2.24) is 24.5 Å². The lowest BCUT2D eigenvalue weighted by molar-refractivity contribution is 0.0673. The Hall–Kier alpha value is -3.19. The van der Waals surface area contributed by atoms with Gasteiger partial charge in [0.1, 0.15) is 5.82 Å². The maximum Gasteiger partial charge on any atom is 0.255 e. The number of anilines is 1. The quantitative estimate of drug-likeness (QED) is 0.363. The van der Waals surface area contributed by atoms with Gasteiger partial charge in [0.05, 0.1) is 16.1 Å². The minimum absolute atomic E-state index is 0.00250. The van der Waals surface area contributed by atoms with E-state index in [1.807, 2.05) is 17.0 Å². The van der Waals surface area contributed by atoms with Crippen LogP contribution in [0.5, 0.6) is 0 Å². The van der Waals surface area contributed by atoms with Crippen LogP contribution in [0.15, 0.2) is 42.5 Å². The Labute approximate surface area is 216 Å². The van der Waals surface area contributed by atoms with E-state index in [1.165, 1.54) is 24.8 Å². The number of nitrogens with zero attached hydrogens (tertiary/aromatic N) is 6. The zero-order valence-corrected chi connectivity index (χ0v) is 21.6. The van der Waals surface area contributed by atoms with Crippen molar-refractivity contribution in [1.29, 1.82) is 0 Å². The molecular formula is C28H31ClN6O. The minimum Gasteiger partial charge on any atom is -0.338 e. The summed E-state index contributed by atoms with van der Waals surface area (Å²) in [4.78, 5) is 22.7. The summed E-state index contributed by atoms with van der Waals surface area (Å²) in [6, 6.07) is 13.6. The van der Waals surface area contributed by atoms with Gasteiger partial charge < -0.3 is 9.80 Å². The predicted molar refractivity (Wildman–Crippen MR) is 143 cm³/mol. The van der Waals surface area contributed by atoms with Crippen LogP contribution in [0.1, 0.15) is 66.7 Å². The van der Waals surface area contributed by atoms with Crippen molar-refractivity contribution in [3.05, 3.63) is 64.4 Å². The van der Waals surface area contributed by atoms with Gasteiger partial charge in [-0.3, -0.25) is 4.79 Å². The van der Waals surface area contributed by atoms with Gasteiger partial charge in [-0.05, 0) is 51.0 Å². The summed E-state index contributed by atoms with van der Waals surface area (Å²) in [5.74, 6) is 2.28. The Morgan fingerprint density at radius 1 is 1.03 bits per heavy atom. The lowest BCUT2D eigenvalue weighted by Gasteiger charge is -2.40. The zero-order valence-electron chi connectivity index (χ0n) is 20.8. The van der Waals surface area contributed by atoms with E-state index in [2.05, 4.69) is 41.3 Å². The Morgan fingerprint density at radius 2 is 1.83 bits per heavy atom. The molecule has 3 heterocycles. The second-order valence-corrected chi connectivity index (χ2v) is 10.7. The molecule has 8 heteroatoms. The van der Waals surface area contributed by atoms with Gasteiger partial charge >= 0.3 is 0 Å². The average molecular weight is 503 g/mol. The lowest BCUT2D eigenvalue weighted by Crippen LogP contribution is -2.54. The maximum atomic E-state index is 13.3. The second kappa shape index (κ2) is 9.36. The van der Waals surface area contributed by atoms with Crippen molar-refractivity contribution in [2.75, 3.05) is 24.5 Å². The van der Waals surface area contributed by atoms with Crippen molar-refractivity contribution in [2.45, 2.75) is 57.9 Å². The van der Waals surface area contributed by atoms with E-state index in [9.17, 15) is 4.79 Å². The number of aryl methyl sites for hydroxylation is 1. The van der Waals surface area contributed by atoms with Crippen molar-refractivity contribution >= 4 is 40.0 Å². The summed E-state index contributed by atoms with van der Waals surface area (Å²) in [5, 5.41) is 11.0. The summed E-state index contributed by atoms with van der Waals surface area (Å²) in [7, 11) is 0. The molecule has 2 aliphatic rings. The molecule has 0 radical (unpaired) electrons. The van der Waals surface area contributed by atoms with Crippen molar-refractivity contribution in [2.24, 2.45) is 0 Å². The number of fused-ring (bicyclic) bond motifs is 3. The largest absolute Gasteiger partial charge is 0.338 e. The highest BCUT2D eigenvalue weighted by Gasteiger charge is 2.32. The monoisotopic (exact) mass is 502 g/mol. The molecule has 1 aliphatic carbocycles. The van der Waals surface area contributed by atoms with Crippen LogP contribution in [0.3, 0.4) is 0 Å². The molecule has 1 amide bonds. The third kappa shape index (κ3) is 3.99. The fraction of sp³-hybridized carbons (Fsp3) is 0.429. The number of hydrogen-bond donors (Lipinski definition) is 0. The molecule has 4 aromatic rings. The number of rotatable bonds is 3. The van der Waals surface area contributed by atoms with Gasteiger partial charge in [-0.25, -0.2) is 9.38 Å². The smallest absolute Gasteiger partial charge is 0.255 e. The second-order valence-electron chi connectivity index (χ2n) is 10.3. The number of benzene rings is 2. The molecule has 186 valence electrons. The number of hydrogen-bond acceptors (Lipinski definition) is 5. The number of piperazine rings is 1. The molecule has 1 saturated carbocycles. The Balaban J connectivity index is 1.39. The van der Waals surface area contributed by atoms with Crippen LogP contribution in [-0.2, 0) is 0 Å². The van der Waals surface area contributed by atoms with Crippen LogP contribution in [0.2, 0.25) is 5.02 Å². The number of carbonyl (C=O) groups excluding carboxylic acids is 1. The standard InChI is InChI=1S/C28H31ClN6O/c1-18-12-13-24-22(16-18)26-32-31-25(20-8-4-3-5-9-20)35(26)28(30-24)33-14-15-34(19(2)17-33)27(36)21-10-6-7-11-23(21)29/h6-7,10-13,16,19-20H,3-5,8-9,14-15,17H2,1-2H3. The summed E-state index contributed by atoms with van der Waals surface area (Å²) >= 11 is 6.34. The van der Waals surface area contributed by atoms with E-state index in [1.54, 1.807) is 12.1 Å². The fourth-order valence-electron chi connectivity index (χ4n) is 5.82. The van der Waals surface area contributed by atoms with Crippen LogP contribution in [0.4, 0.5) is 5.95 Å². The first-order valence-electron chi connectivity index (χ1n) is 13.0. The summed E-state index contributed by atoms with van der Waals surface area (Å²) in [6.07, 6.45) is 6.04. The third-order valence-electron chi connectivity index (χ3n) is 7.75. The van der Waals surface area contributed by atoms with Gasteiger partial charge in [-0.2, -0.15) is 0 Å². The fourth-order valence-corrected chi connectivity index (χ4v) is 6.04. The molecule has 2 fully saturated rings. The van der Waals surface area contributed by atoms with E-state index in [0.29, 0.717) is 36.1 Å². The van der Waals surface area contributed by atoms with Crippen LogP contribution < -0.4 is 4.90 Å². The van der Waals surface area contributed by atoms with Gasteiger partial charge in [0.15, 0.2) is 5.65 Å². The number of aromatic nitrogens is 4. The summed E-state index contributed by atoms with van der Waals surface area (Å²) in [5.41, 5.74) is 3.54. The van der Waals surface area contributed by atoms with Gasteiger partial charge in [0.2, 0.25) is 5.95 Å². The third-order valence-corrected chi connectivity index (χ3v) is 8.08. The van der Waals surface area contributed by atoms with E-state index in [-0.39, 0.29) is 11.9 Å². The van der Waals surface area contributed by atoms with Crippen molar-refractivity contribution in [3.8, 4) is 0 Å². The molecule has 0 spiro atoms. The van der Waals surface area contributed by atoms with Gasteiger partial charge in [-0.1, -0.05) is 54.6 Å². The highest BCUT2D eigenvalue weighted by Crippen LogP contribution is 2.35. The lowest BCUT2D eigenvalue weighted by atomic mass is 9.89. The molecule has 6 rings (SSSR count). The molecule has 1 unspecified atom stereocenters. The number of amides is 1. The highest BCUT2D eigenvalue weighted by atomic mass is 35.5. The molecule has 1 atom stereocenters. The molecular weight excluding hydrogens is 472 g/mol. The van der Waals surface area contributed by atoms with Crippen LogP contribution >= 0.6 is 11.6 Å². The van der Waals surface area contributed by atoms with Crippen molar-refractivity contribution < 1.29 is 4.79 Å². The minimum atomic E-state index is -0.0213. The number of halogens is 1. The maximum absolute atomic E-state index is 13.3. The van der Waals surface area contributed by atoms with Crippen LogP contribution in [0.25, 0.3) is 16.6 Å². The average Bonchev–Trinajstić information content (AvgIpc) is 3.34. The Kier molecular flexibility index (Phi) is 6.04. The predicted octanol–water partition coefficient (Wildman–Crippen LogP) is 5.64. The zero-order chi connectivity index (χ0) is 24.8. The Morgan fingerprint density at radius 3 is 2.61 bits per heavy atom. The van der Waals surface area contributed by atoms with E-state index in [4.69, 9.17) is 26.8 Å². The van der Waals surface area contributed by atoms with E-state index < -0.39 is 0 Å². The first-order valence-corrected chi connectivity index (χ1v) is 13.3. The number of carbonyl (C=O) groups is 1. The van der Waals surface area contributed by atoms with Crippen LogP contribution in [-0.4, -0.2) is 56.1 Å². The molecule has 2 aromatic carbocycles. The molecule has 1 saturated heterocycles. The topological polar surface area (TPSA) is 66.6 Å². The SMILES string of the molecule is Cc1ccc2nc(N3CCN(C(=O)c4ccccc4Cl)C(C)C3)n3c(C4CCCCC4)nnc3c2c1. The molecule has 0 N–H and O–H groups in total. The Bertz CT molecular complexity index is 1440. The first-order chi connectivity index (χ1) is 17.5. The van der Waals surface area contributed by atoms with Crippen LogP contribution in [0, 0.1) is 6.92 Å². The molecule has 36 heavy (non-hydrogen) atoms. The van der Waals surface area contributed by atoms with E-state index in [0.717, 1.165) is 41.2 Å². The first kappa shape index (κ1) is 23.2. The molecule has 7 nitrogen and oxygen atoms in total. The van der Waals surface area contributed by atoms with Gasteiger partial charge in [-0.15, -0.1) is 10.2 Å². The molecule has 0 bridgehead atoms. The normalized spacial score (nSPS) is 19.4. The summed E-state index contributed by atoms with van der Waals surface area (Å²) < 4.78 is 2.20. The molecule has 2 aromatic heterocycles. The van der Waals surface area contributed by atoms with E-state index >= 15 is 0 Å². The van der Waals surface area contributed by atoms with Crippen molar-refractivity contribution in [3.63, 3.8) is 0 Å².